The standard InChI is InChI=1S/C19H35N3O4.H2/c1-18(2,3)16(20)13(12-23)10-21-17(25)14-8-7-9-22(14)11-15(24)26-19(4,5)6;/h13-14,20,23H,7-12H2,1-6H3,(H,21,25);1H/t13?,14-;/m0./s1. The summed E-state index contributed by atoms with van der Waals surface area (Å²) in [6.45, 7) is 12.0. The number of nitrogens with one attached hydrogen (secondary N) is 2. The van der Waals surface area contributed by atoms with E-state index >= 15 is 0 Å². The van der Waals surface area contributed by atoms with Gasteiger partial charge in [-0.25, -0.2) is 0 Å². The molecule has 26 heavy (non-hydrogen) atoms. The van der Waals surface area contributed by atoms with Crippen LogP contribution in [0.2, 0.25) is 0 Å². The minimum Gasteiger partial charge on any atom is -0.459 e. The summed E-state index contributed by atoms with van der Waals surface area (Å²) < 4.78 is 5.34. The van der Waals surface area contributed by atoms with Crippen molar-refractivity contribution < 1.29 is 20.9 Å². The Hall–Kier alpha value is -1.47. The lowest BCUT2D eigenvalue weighted by Crippen LogP contribution is -2.48. The molecule has 7 heteroatoms. The van der Waals surface area contributed by atoms with Gasteiger partial charge in [0.15, 0.2) is 0 Å². The molecule has 0 bridgehead atoms. The Morgan fingerprint density at radius 3 is 2.42 bits per heavy atom. The Balaban J connectivity index is 0.00000676. The van der Waals surface area contributed by atoms with Crippen LogP contribution in [0.5, 0.6) is 0 Å². The van der Waals surface area contributed by atoms with Crippen LogP contribution >= 0.6 is 0 Å². The number of likely N-dealkylation sites (tertiary alicyclic amines) is 1. The summed E-state index contributed by atoms with van der Waals surface area (Å²) in [7, 11) is 0. The van der Waals surface area contributed by atoms with Crippen molar-refractivity contribution in [2.24, 2.45) is 11.3 Å². The zero-order valence-electron chi connectivity index (χ0n) is 17.0. The van der Waals surface area contributed by atoms with E-state index in [1.807, 2.05) is 46.4 Å². The molecular weight excluding hydrogens is 334 g/mol. The highest BCUT2D eigenvalue weighted by Gasteiger charge is 2.34. The van der Waals surface area contributed by atoms with Crippen LogP contribution in [0.25, 0.3) is 0 Å². The molecule has 0 saturated carbocycles. The molecule has 1 unspecified atom stereocenters. The maximum absolute atomic E-state index is 12.6. The van der Waals surface area contributed by atoms with Crippen LogP contribution in [0, 0.1) is 16.7 Å². The first-order valence-electron chi connectivity index (χ1n) is 9.28. The molecule has 0 aromatic carbocycles. The highest BCUT2D eigenvalue weighted by Crippen LogP contribution is 2.21. The maximum Gasteiger partial charge on any atom is 0.320 e. The number of esters is 1. The van der Waals surface area contributed by atoms with Gasteiger partial charge in [0.2, 0.25) is 5.91 Å². The van der Waals surface area contributed by atoms with Crippen LogP contribution in [0.15, 0.2) is 0 Å². The predicted molar refractivity (Wildman–Crippen MR) is 103 cm³/mol. The monoisotopic (exact) mass is 371 g/mol. The number of hydrogen-bond donors (Lipinski definition) is 3. The van der Waals surface area contributed by atoms with Crippen LogP contribution in [0.4, 0.5) is 0 Å². The topological polar surface area (TPSA) is 103 Å². The Kier molecular flexibility index (Phi) is 7.77. The maximum atomic E-state index is 12.6. The highest BCUT2D eigenvalue weighted by molar-refractivity contribution is 5.90. The van der Waals surface area contributed by atoms with E-state index in [-0.39, 0.29) is 44.5 Å². The van der Waals surface area contributed by atoms with Crippen molar-refractivity contribution in [3.63, 3.8) is 0 Å². The quantitative estimate of drug-likeness (QED) is 0.468. The van der Waals surface area contributed by atoms with Gasteiger partial charge in [0.25, 0.3) is 0 Å². The Bertz CT molecular complexity index is 526. The van der Waals surface area contributed by atoms with Gasteiger partial charge >= 0.3 is 5.97 Å². The third-order valence-corrected chi connectivity index (χ3v) is 4.38. The number of hydrogen-bond acceptors (Lipinski definition) is 6. The molecule has 1 heterocycles. The normalized spacial score (nSPS) is 19.9. The van der Waals surface area contributed by atoms with Crippen molar-refractivity contribution in [3.05, 3.63) is 0 Å². The molecule has 1 aliphatic rings. The van der Waals surface area contributed by atoms with E-state index in [0.717, 1.165) is 6.42 Å². The fourth-order valence-corrected chi connectivity index (χ4v) is 3.06. The summed E-state index contributed by atoms with van der Waals surface area (Å²) in [5.74, 6) is -0.897. The second-order valence-corrected chi connectivity index (χ2v) is 9.00. The van der Waals surface area contributed by atoms with Gasteiger partial charge in [0.1, 0.15) is 5.60 Å². The number of rotatable bonds is 7. The number of amides is 1. The Labute approximate surface area is 158 Å². The van der Waals surface area contributed by atoms with Gasteiger partial charge < -0.3 is 20.6 Å². The Morgan fingerprint density at radius 2 is 1.92 bits per heavy atom. The summed E-state index contributed by atoms with van der Waals surface area (Å²) in [5, 5.41) is 20.6. The molecule has 3 N–H and O–H groups in total. The van der Waals surface area contributed by atoms with Crippen LogP contribution in [-0.4, -0.2) is 65.5 Å². The predicted octanol–water partition coefficient (Wildman–Crippen LogP) is 1.83. The number of aliphatic hydroxyl groups excluding tert-OH is 1. The largest absolute Gasteiger partial charge is 0.459 e. The Morgan fingerprint density at radius 1 is 1.31 bits per heavy atom. The molecular formula is C19H37N3O4. The number of nitrogens with zero attached hydrogens (tertiary/aromatic N) is 1. The summed E-state index contributed by atoms with van der Waals surface area (Å²) in [6, 6.07) is -0.370. The minimum atomic E-state index is -0.545. The molecule has 1 rings (SSSR count). The fraction of sp³-hybridized carbons (Fsp3) is 0.842. The average molecular weight is 372 g/mol. The molecule has 1 amide bonds. The van der Waals surface area contributed by atoms with Crippen LogP contribution in [0.1, 0.15) is 55.8 Å². The van der Waals surface area contributed by atoms with Crippen LogP contribution in [-0.2, 0) is 14.3 Å². The first kappa shape index (κ1) is 22.6. The molecule has 0 radical (unpaired) electrons. The van der Waals surface area contributed by atoms with Gasteiger partial charge in [-0.1, -0.05) is 20.8 Å². The van der Waals surface area contributed by atoms with Crippen LogP contribution < -0.4 is 5.32 Å². The lowest BCUT2D eigenvalue weighted by atomic mass is 9.82. The van der Waals surface area contributed by atoms with E-state index in [1.54, 1.807) is 0 Å². The highest BCUT2D eigenvalue weighted by atomic mass is 16.6. The minimum absolute atomic E-state index is 0. The van der Waals surface area contributed by atoms with Crippen molar-refractivity contribution in [1.29, 1.82) is 5.41 Å². The van der Waals surface area contributed by atoms with Gasteiger partial charge in [0.05, 0.1) is 19.2 Å². The van der Waals surface area contributed by atoms with Crippen LogP contribution in [0.3, 0.4) is 0 Å². The molecule has 1 fully saturated rings. The summed E-state index contributed by atoms with van der Waals surface area (Å²) >= 11 is 0. The van der Waals surface area contributed by atoms with Crippen molar-refractivity contribution in [1.82, 2.24) is 10.2 Å². The molecule has 1 saturated heterocycles. The van der Waals surface area contributed by atoms with Gasteiger partial charge in [-0.2, -0.15) is 0 Å². The van der Waals surface area contributed by atoms with Crippen molar-refractivity contribution >= 4 is 17.6 Å². The van der Waals surface area contributed by atoms with E-state index in [9.17, 15) is 14.7 Å². The summed E-state index contributed by atoms with van der Waals surface area (Å²) in [6.07, 6.45) is 1.54. The fourth-order valence-electron chi connectivity index (χ4n) is 3.06. The van der Waals surface area contributed by atoms with E-state index < -0.39 is 11.5 Å². The smallest absolute Gasteiger partial charge is 0.320 e. The van der Waals surface area contributed by atoms with Gasteiger partial charge in [0, 0.05) is 19.6 Å². The third kappa shape index (κ3) is 7.03. The second-order valence-electron chi connectivity index (χ2n) is 9.00. The van der Waals surface area contributed by atoms with E-state index in [4.69, 9.17) is 10.1 Å². The van der Waals surface area contributed by atoms with Gasteiger partial charge in [-0.3, -0.25) is 14.5 Å². The number of ether oxygens (including phenoxy) is 1. The van der Waals surface area contributed by atoms with Crippen molar-refractivity contribution in [2.45, 2.75) is 66.0 Å². The summed E-state index contributed by atoms with van der Waals surface area (Å²) in [5.41, 5.74) is -0.484. The molecule has 0 aliphatic carbocycles. The second kappa shape index (κ2) is 8.95. The lowest BCUT2D eigenvalue weighted by molar-refractivity contribution is -0.156. The number of aliphatic hydroxyl groups is 1. The van der Waals surface area contributed by atoms with E-state index in [2.05, 4.69) is 5.32 Å². The van der Waals surface area contributed by atoms with E-state index in [0.29, 0.717) is 18.7 Å². The molecule has 152 valence electrons. The average Bonchev–Trinajstić information content (AvgIpc) is 2.92. The van der Waals surface area contributed by atoms with Crippen molar-refractivity contribution in [3.8, 4) is 0 Å². The molecule has 1 aliphatic heterocycles. The zero-order valence-corrected chi connectivity index (χ0v) is 17.0. The SMILES string of the molecule is CC(C)(C)OC(=O)CN1CCC[C@H]1C(=O)NCC(CO)C(=N)C(C)(C)C.[HH]. The molecule has 0 aromatic heterocycles. The lowest BCUT2D eigenvalue weighted by Gasteiger charge is -2.28. The number of carbonyl (C=O) groups is 2. The number of carbonyl (C=O) groups excluding carboxylic acids is 2. The van der Waals surface area contributed by atoms with Gasteiger partial charge in [-0.15, -0.1) is 0 Å². The zero-order chi connectivity index (χ0) is 20.1. The summed E-state index contributed by atoms with van der Waals surface area (Å²) in [4.78, 5) is 26.4. The molecule has 2 atom stereocenters. The molecule has 0 aromatic rings. The molecule has 7 nitrogen and oxygen atoms in total. The van der Waals surface area contributed by atoms with Crippen molar-refractivity contribution in [2.75, 3.05) is 26.2 Å². The van der Waals surface area contributed by atoms with E-state index in [1.165, 1.54) is 0 Å². The first-order valence-corrected chi connectivity index (χ1v) is 9.28. The third-order valence-electron chi connectivity index (χ3n) is 4.38. The molecule has 0 spiro atoms. The van der Waals surface area contributed by atoms with Gasteiger partial charge in [-0.05, 0) is 45.6 Å². The first-order chi connectivity index (χ1) is 11.8.